The number of benzene rings is 2. The molecule has 0 radical (unpaired) electrons. The van der Waals surface area contributed by atoms with E-state index in [0.717, 1.165) is 17.4 Å². The Kier molecular flexibility index (Phi) is 6.64. The molecule has 0 saturated heterocycles. The maximum atomic E-state index is 12.5. The number of carbonyl (C=O) groups excluding carboxylic acids is 2. The van der Waals surface area contributed by atoms with Crippen molar-refractivity contribution in [2.45, 2.75) is 33.1 Å². The van der Waals surface area contributed by atoms with Gasteiger partial charge in [0.1, 0.15) is 5.69 Å². The molecule has 150 valence electrons. The molecule has 0 aliphatic heterocycles. The smallest absolute Gasteiger partial charge is 0.306 e. The van der Waals surface area contributed by atoms with Gasteiger partial charge in [0, 0.05) is 11.8 Å². The SMILES string of the molecule is CCOC(=O)CCC(=O)c1nc2cc(Cc3ccccc3C)ccc2c(Br)c1O. The minimum absolute atomic E-state index is 0.0401. The van der Waals surface area contributed by atoms with E-state index in [2.05, 4.69) is 40.0 Å². The molecule has 0 aliphatic carbocycles. The molecular formula is C23H22BrNO4. The Hall–Kier alpha value is -2.73. The Balaban J connectivity index is 1.91. The summed E-state index contributed by atoms with van der Waals surface area (Å²) in [5, 5.41) is 11.1. The summed E-state index contributed by atoms with van der Waals surface area (Å²) in [6.45, 7) is 4.05. The number of Topliss-reactive ketones (excluding diaryl/α,β-unsaturated/α-hetero) is 1. The number of aryl methyl sites for hydroxylation is 1. The highest BCUT2D eigenvalue weighted by atomic mass is 79.9. The lowest BCUT2D eigenvalue weighted by Gasteiger charge is -2.11. The van der Waals surface area contributed by atoms with E-state index in [1.165, 1.54) is 11.1 Å². The summed E-state index contributed by atoms with van der Waals surface area (Å²) in [6, 6.07) is 14.0. The first-order valence-corrected chi connectivity index (χ1v) is 10.2. The molecule has 1 N–H and O–H groups in total. The van der Waals surface area contributed by atoms with Crippen molar-refractivity contribution in [2.24, 2.45) is 0 Å². The average molecular weight is 456 g/mol. The maximum absolute atomic E-state index is 12.5. The molecule has 1 heterocycles. The summed E-state index contributed by atoms with van der Waals surface area (Å²) in [5.41, 5.74) is 4.06. The molecule has 3 aromatic rings. The van der Waals surface area contributed by atoms with Crippen LogP contribution in [0.15, 0.2) is 46.9 Å². The van der Waals surface area contributed by atoms with Crippen LogP contribution in [0.25, 0.3) is 10.9 Å². The zero-order valence-corrected chi connectivity index (χ0v) is 18.0. The molecule has 29 heavy (non-hydrogen) atoms. The third-order valence-electron chi connectivity index (χ3n) is 4.74. The van der Waals surface area contributed by atoms with Crippen molar-refractivity contribution < 1.29 is 19.4 Å². The van der Waals surface area contributed by atoms with Crippen molar-refractivity contribution in [1.29, 1.82) is 0 Å². The third-order valence-corrected chi connectivity index (χ3v) is 5.55. The molecule has 0 atom stereocenters. The number of ketones is 1. The number of ether oxygens (including phenoxy) is 1. The number of fused-ring (bicyclic) bond motifs is 1. The monoisotopic (exact) mass is 455 g/mol. The van der Waals surface area contributed by atoms with Gasteiger partial charge in [-0.2, -0.15) is 0 Å². The summed E-state index contributed by atoms with van der Waals surface area (Å²) < 4.78 is 5.27. The molecule has 0 saturated carbocycles. The number of hydrogen-bond acceptors (Lipinski definition) is 5. The molecule has 0 fully saturated rings. The fourth-order valence-corrected chi connectivity index (χ4v) is 3.68. The predicted molar refractivity (Wildman–Crippen MR) is 115 cm³/mol. The van der Waals surface area contributed by atoms with Crippen molar-refractivity contribution in [3.63, 3.8) is 0 Å². The lowest BCUT2D eigenvalue weighted by molar-refractivity contribution is -0.143. The second kappa shape index (κ2) is 9.18. The Morgan fingerprint density at radius 3 is 2.62 bits per heavy atom. The van der Waals surface area contributed by atoms with Crippen molar-refractivity contribution in [1.82, 2.24) is 4.98 Å². The van der Waals surface area contributed by atoms with E-state index in [-0.39, 0.29) is 30.9 Å². The van der Waals surface area contributed by atoms with E-state index in [1.54, 1.807) is 6.92 Å². The van der Waals surface area contributed by atoms with E-state index in [1.807, 2.05) is 30.3 Å². The van der Waals surface area contributed by atoms with Crippen LogP contribution in [0.1, 0.15) is 46.9 Å². The molecular weight excluding hydrogens is 434 g/mol. The maximum Gasteiger partial charge on any atom is 0.306 e. The van der Waals surface area contributed by atoms with Crippen molar-refractivity contribution in [2.75, 3.05) is 6.61 Å². The second-order valence-corrected chi connectivity index (χ2v) is 7.60. The highest BCUT2D eigenvalue weighted by molar-refractivity contribution is 9.10. The van der Waals surface area contributed by atoms with E-state index in [4.69, 9.17) is 4.74 Å². The first-order valence-electron chi connectivity index (χ1n) is 9.45. The van der Waals surface area contributed by atoms with E-state index in [0.29, 0.717) is 9.99 Å². The zero-order chi connectivity index (χ0) is 21.0. The average Bonchev–Trinajstić information content (AvgIpc) is 2.71. The van der Waals surface area contributed by atoms with E-state index >= 15 is 0 Å². The van der Waals surface area contributed by atoms with Crippen LogP contribution in [0.2, 0.25) is 0 Å². The standard InChI is InChI=1S/C23H22BrNO4/c1-3-29-20(27)11-10-19(26)22-23(28)21(24)17-9-8-15(13-18(17)25-22)12-16-7-5-4-6-14(16)2/h4-9,13,28H,3,10-12H2,1-2H3. The summed E-state index contributed by atoms with van der Waals surface area (Å²) in [5.74, 6) is -1.05. The van der Waals surface area contributed by atoms with Gasteiger partial charge in [-0.25, -0.2) is 4.98 Å². The number of nitrogens with zero attached hydrogens (tertiary/aromatic N) is 1. The minimum Gasteiger partial charge on any atom is -0.504 e. The van der Waals surface area contributed by atoms with Gasteiger partial charge >= 0.3 is 5.97 Å². The summed E-state index contributed by atoms with van der Waals surface area (Å²) >= 11 is 3.37. The van der Waals surface area contributed by atoms with Crippen LogP contribution in [-0.2, 0) is 16.0 Å². The highest BCUT2D eigenvalue weighted by Gasteiger charge is 2.20. The van der Waals surface area contributed by atoms with E-state index in [9.17, 15) is 14.7 Å². The fourth-order valence-electron chi connectivity index (χ4n) is 3.16. The molecule has 5 nitrogen and oxygen atoms in total. The number of aromatic nitrogens is 1. The minimum atomic E-state index is -0.444. The van der Waals surface area contributed by atoms with Crippen molar-refractivity contribution in [3.8, 4) is 5.75 Å². The van der Waals surface area contributed by atoms with E-state index < -0.39 is 11.8 Å². The van der Waals surface area contributed by atoms with Crippen LogP contribution in [0.3, 0.4) is 0 Å². The van der Waals surface area contributed by atoms with Gasteiger partial charge in [0.2, 0.25) is 0 Å². The third kappa shape index (κ3) is 4.82. The molecule has 0 amide bonds. The topological polar surface area (TPSA) is 76.5 Å². The number of pyridine rings is 1. The molecule has 0 aliphatic rings. The quantitative estimate of drug-likeness (QED) is 0.394. The van der Waals surface area contributed by atoms with Crippen molar-refractivity contribution in [3.05, 3.63) is 69.3 Å². The fraction of sp³-hybridized carbons (Fsp3) is 0.261. The van der Waals surface area contributed by atoms with Gasteiger partial charge < -0.3 is 9.84 Å². The van der Waals surface area contributed by atoms with Gasteiger partial charge in [0.25, 0.3) is 0 Å². The van der Waals surface area contributed by atoms with Crippen LogP contribution >= 0.6 is 15.9 Å². The van der Waals surface area contributed by atoms with Gasteiger partial charge in [0.15, 0.2) is 11.5 Å². The predicted octanol–water partition coefficient (Wildman–Crippen LogP) is 5.13. The van der Waals surface area contributed by atoms with Gasteiger partial charge in [-0.1, -0.05) is 36.4 Å². The number of esters is 1. The second-order valence-electron chi connectivity index (χ2n) is 6.81. The lowest BCUT2D eigenvalue weighted by Crippen LogP contribution is -2.09. The molecule has 1 aromatic heterocycles. The molecule has 2 aromatic carbocycles. The van der Waals surface area contributed by atoms with Gasteiger partial charge in [0.05, 0.1) is 23.0 Å². The number of aromatic hydroxyl groups is 1. The summed E-state index contributed by atoms with van der Waals surface area (Å²) in [4.78, 5) is 28.5. The Morgan fingerprint density at radius 1 is 1.14 bits per heavy atom. The Labute approximate surface area is 177 Å². The first kappa shape index (κ1) is 21.0. The number of halogens is 1. The normalized spacial score (nSPS) is 10.9. The summed E-state index contributed by atoms with van der Waals surface area (Å²) in [6.07, 6.45) is 0.631. The molecule has 3 rings (SSSR count). The highest BCUT2D eigenvalue weighted by Crippen LogP contribution is 2.35. The Morgan fingerprint density at radius 2 is 1.90 bits per heavy atom. The van der Waals surface area contributed by atoms with Crippen LogP contribution < -0.4 is 0 Å². The Bertz CT molecular complexity index is 1080. The van der Waals surface area contributed by atoms with Gasteiger partial charge in [-0.15, -0.1) is 0 Å². The van der Waals surface area contributed by atoms with Crippen LogP contribution in [0.4, 0.5) is 0 Å². The van der Waals surface area contributed by atoms with Crippen LogP contribution in [0, 0.1) is 6.92 Å². The molecule has 0 spiro atoms. The van der Waals surface area contributed by atoms with Crippen LogP contribution in [-0.4, -0.2) is 28.4 Å². The lowest BCUT2D eigenvalue weighted by atomic mass is 9.99. The largest absolute Gasteiger partial charge is 0.504 e. The van der Waals surface area contributed by atoms with Gasteiger partial charge in [-0.3, -0.25) is 9.59 Å². The van der Waals surface area contributed by atoms with Gasteiger partial charge in [-0.05, 0) is 59.0 Å². The first-order chi connectivity index (χ1) is 13.9. The zero-order valence-electron chi connectivity index (χ0n) is 16.4. The summed E-state index contributed by atoms with van der Waals surface area (Å²) in [7, 11) is 0. The van der Waals surface area contributed by atoms with Crippen molar-refractivity contribution >= 4 is 38.6 Å². The molecule has 6 heteroatoms. The number of rotatable bonds is 7. The number of hydrogen-bond donors (Lipinski definition) is 1. The number of carbonyl (C=O) groups is 2. The molecule has 0 unspecified atom stereocenters. The van der Waals surface area contributed by atoms with Crippen LogP contribution in [0.5, 0.6) is 5.75 Å². The molecule has 0 bridgehead atoms.